The molecule has 0 unspecified atom stereocenters. The molecule has 0 fully saturated rings. The van der Waals surface area contributed by atoms with Gasteiger partial charge in [-0.2, -0.15) is 4.98 Å². The molecule has 0 bridgehead atoms. The molecule has 0 aliphatic heterocycles. The van der Waals surface area contributed by atoms with Gasteiger partial charge in [-0.1, -0.05) is 0 Å². The molecule has 6 nitrogen and oxygen atoms in total. The number of primary amides is 1. The van der Waals surface area contributed by atoms with Crippen LogP contribution in [0, 0.1) is 6.92 Å². The van der Waals surface area contributed by atoms with Crippen LogP contribution >= 0.6 is 0 Å². The van der Waals surface area contributed by atoms with Crippen LogP contribution in [0.1, 0.15) is 12.0 Å². The van der Waals surface area contributed by atoms with Gasteiger partial charge in [0.05, 0.1) is 0 Å². The summed E-state index contributed by atoms with van der Waals surface area (Å²) in [4.78, 5) is 18.3. The third-order valence-corrected chi connectivity index (χ3v) is 1.65. The Morgan fingerprint density at radius 1 is 1.64 bits per heavy atom. The first-order valence-electron chi connectivity index (χ1n) is 4.21. The Labute approximate surface area is 81.7 Å². The zero-order valence-electron chi connectivity index (χ0n) is 7.95. The van der Waals surface area contributed by atoms with Crippen LogP contribution in [-0.4, -0.2) is 22.4 Å². The molecule has 0 saturated heterocycles. The molecule has 0 aliphatic rings. The molecule has 1 amide bonds. The number of hydrogen-bond acceptors (Lipinski definition) is 5. The highest BCUT2D eigenvalue weighted by molar-refractivity contribution is 5.74. The Bertz CT molecular complexity index is 339. The van der Waals surface area contributed by atoms with Crippen molar-refractivity contribution < 1.29 is 4.79 Å². The Morgan fingerprint density at radius 3 is 3.00 bits per heavy atom. The zero-order chi connectivity index (χ0) is 10.6. The highest BCUT2D eigenvalue weighted by atomic mass is 16.1. The minimum Gasteiger partial charge on any atom is -0.370 e. The van der Waals surface area contributed by atoms with Crippen molar-refractivity contribution in [3.05, 3.63) is 11.8 Å². The van der Waals surface area contributed by atoms with Crippen molar-refractivity contribution in [1.82, 2.24) is 9.97 Å². The van der Waals surface area contributed by atoms with Crippen LogP contribution in [0.25, 0.3) is 0 Å². The maximum atomic E-state index is 10.5. The van der Waals surface area contributed by atoms with Crippen LogP contribution in [0.4, 0.5) is 11.8 Å². The smallest absolute Gasteiger partial charge is 0.221 e. The fraction of sp³-hybridized carbons (Fsp3) is 0.375. The van der Waals surface area contributed by atoms with Crippen LogP contribution in [-0.2, 0) is 4.79 Å². The van der Waals surface area contributed by atoms with Gasteiger partial charge >= 0.3 is 0 Å². The predicted octanol–water partition coefficient (Wildman–Crippen LogP) is -0.345. The highest BCUT2D eigenvalue weighted by Crippen LogP contribution is 2.10. The van der Waals surface area contributed by atoms with Crippen LogP contribution < -0.4 is 16.8 Å². The number of nitrogens with zero attached hydrogens (tertiary/aromatic N) is 2. The molecule has 6 heteroatoms. The molecule has 0 spiro atoms. The van der Waals surface area contributed by atoms with Gasteiger partial charge in [0.2, 0.25) is 11.9 Å². The van der Waals surface area contributed by atoms with E-state index < -0.39 is 0 Å². The average molecular weight is 195 g/mol. The quantitative estimate of drug-likeness (QED) is 0.609. The molecule has 0 radical (unpaired) electrons. The molecule has 0 atom stereocenters. The maximum absolute atomic E-state index is 10.5. The Balaban J connectivity index is 2.57. The summed E-state index contributed by atoms with van der Waals surface area (Å²) in [7, 11) is 0. The first-order chi connectivity index (χ1) is 6.59. The minimum absolute atomic E-state index is 0.206. The lowest BCUT2D eigenvalue weighted by molar-refractivity contribution is -0.117. The second-order valence-corrected chi connectivity index (χ2v) is 2.90. The first kappa shape index (κ1) is 10.2. The standard InChI is InChI=1S/C8H13N5O/c1-5-4-12-8(10)13-7(5)11-3-2-6(9)14/h4H,2-3H2,1H3,(H2,9,14)(H3,10,11,12,13). The molecule has 0 saturated carbocycles. The molecule has 1 aromatic heterocycles. The van der Waals surface area contributed by atoms with E-state index in [1.165, 1.54) is 0 Å². The predicted molar refractivity (Wildman–Crippen MR) is 53.5 cm³/mol. The summed E-state index contributed by atoms with van der Waals surface area (Å²) >= 11 is 0. The number of nitrogens with one attached hydrogen (secondary N) is 1. The molecule has 14 heavy (non-hydrogen) atoms. The summed E-state index contributed by atoms with van der Waals surface area (Å²) in [5.74, 6) is 0.494. The van der Waals surface area contributed by atoms with Crippen molar-refractivity contribution in [2.24, 2.45) is 5.73 Å². The van der Waals surface area contributed by atoms with Gasteiger partial charge in [0.25, 0.3) is 0 Å². The number of hydrogen-bond donors (Lipinski definition) is 3. The van der Waals surface area contributed by atoms with Crippen molar-refractivity contribution in [1.29, 1.82) is 0 Å². The largest absolute Gasteiger partial charge is 0.370 e. The third kappa shape index (κ3) is 2.89. The van der Waals surface area contributed by atoms with E-state index in [0.29, 0.717) is 12.4 Å². The van der Waals surface area contributed by atoms with E-state index in [4.69, 9.17) is 11.5 Å². The summed E-state index contributed by atoms with van der Waals surface area (Å²) < 4.78 is 0. The molecule has 1 rings (SSSR count). The molecule has 0 aromatic carbocycles. The van der Waals surface area contributed by atoms with Crippen LogP contribution in [0.15, 0.2) is 6.20 Å². The lowest BCUT2D eigenvalue weighted by Gasteiger charge is -2.06. The number of nitrogens with two attached hydrogens (primary N) is 2. The Kier molecular flexibility index (Phi) is 3.22. The summed E-state index contributed by atoms with van der Waals surface area (Å²) in [5, 5.41) is 2.95. The molecule has 5 N–H and O–H groups in total. The van der Waals surface area contributed by atoms with E-state index in [0.717, 1.165) is 5.56 Å². The Morgan fingerprint density at radius 2 is 2.36 bits per heavy atom. The average Bonchev–Trinajstić information content (AvgIpc) is 2.10. The van der Waals surface area contributed by atoms with Crippen LogP contribution in [0.5, 0.6) is 0 Å². The number of carbonyl (C=O) groups excluding carboxylic acids is 1. The first-order valence-corrected chi connectivity index (χ1v) is 4.21. The fourth-order valence-corrected chi connectivity index (χ4v) is 0.939. The molecular weight excluding hydrogens is 182 g/mol. The van der Waals surface area contributed by atoms with E-state index >= 15 is 0 Å². The number of amides is 1. The van der Waals surface area contributed by atoms with Gasteiger partial charge in [-0.15, -0.1) is 0 Å². The molecule has 1 heterocycles. The van der Waals surface area contributed by atoms with Gasteiger partial charge in [-0.05, 0) is 6.92 Å². The summed E-state index contributed by atoms with van der Waals surface area (Å²) in [6, 6.07) is 0. The highest BCUT2D eigenvalue weighted by Gasteiger charge is 2.01. The molecule has 0 aliphatic carbocycles. The van der Waals surface area contributed by atoms with Gasteiger partial charge in [0, 0.05) is 24.7 Å². The van der Waals surface area contributed by atoms with Crippen molar-refractivity contribution >= 4 is 17.7 Å². The number of aromatic nitrogens is 2. The van der Waals surface area contributed by atoms with Gasteiger partial charge in [0.1, 0.15) is 5.82 Å². The topological polar surface area (TPSA) is 107 Å². The molecule has 1 aromatic rings. The number of rotatable bonds is 4. The lowest BCUT2D eigenvalue weighted by atomic mass is 10.3. The van der Waals surface area contributed by atoms with Crippen molar-refractivity contribution in [3.8, 4) is 0 Å². The minimum atomic E-state index is -0.350. The van der Waals surface area contributed by atoms with Crippen molar-refractivity contribution in [3.63, 3.8) is 0 Å². The van der Waals surface area contributed by atoms with Crippen molar-refractivity contribution in [2.75, 3.05) is 17.6 Å². The normalized spacial score (nSPS) is 9.79. The third-order valence-electron chi connectivity index (χ3n) is 1.65. The van der Waals surface area contributed by atoms with E-state index in [1.807, 2.05) is 6.92 Å². The number of anilines is 2. The van der Waals surface area contributed by atoms with Crippen LogP contribution in [0.3, 0.4) is 0 Å². The molecular formula is C8H13N5O. The maximum Gasteiger partial charge on any atom is 0.221 e. The van der Waals surface area contributed by atoms with Gasteiger partial charge in [-0.25, -0.2) is 4.98 Å². The van der Waals surface area contributed by atoms with E-state index in [2.05, 4.69) is 15.3 Å². The van der Waals surface area contributed by atoms with E-state index in [1.54, 1.807) is 6.20 Å². The van der Waals surface area contributed by atoms with Crippen LogP contribution in [0.2, 0.25) is 0 Å². The van der Waals surface area contributed by atoms with Crippen molar-refractivity contribution in [2.45, 2.75) is 13.3 Å². The monoisotopic (exact) mass is 195 g/mol. The van der Waals surface area contributed by atoms with E-state index in [9.17, 15) is 4.79 Å². The molecule has 76 valence electrons. The SMILES string of the molecule is Cc1cnc(N)nc1NCCC(N)=O. The van der Waals surface area contributed by atoms with Gasteiger partial charge in [0.15, 0.2) is 0 Å². The second kappa shape index (κ2) is 4.40. The van der Waals surface area contributed by atoms with Gasteiger partial charge in [-0.3, -0.25) is 4.79 Å². The van der Waals surface area contributed by atoms with Gasteiger partial charge < -0.3 is 16.8 Å². The fourth-order valence-electron chi connectivity index (χ4n) is 0.939. The lowest BCUT2D eigenvalue weighted by Crippen LogP contribution is -2.17. The zero-order valence-corrected chi connectivity index (χ0v) is 7.95. The summed E-state index contributed by atoms with van der Waals surface area (Å²) in [6.07, 6.45) is 1.89. The summed E-state index contributed by atoms with van der Waals surface area (Å²) in [6.45, 7) is 2.30. The second-order valence-electron chi connectivity index (χ2n) is 2.90. The number of carbonyl (C=O) groups is 1. The number of nitrogen functional groups attached to an aromatic ring is 1. The number of aryl methyl sites for hydroxylation is 1. The van der Waals surface area contributed by atoms with E-state index in [-0.39, 0.29) is 18.3 Å². The summed E-state index contributed by atoms with van der Waals surface area (Å²) in [5.41, 5.74) is 11.3. The Hall–Kier alpha value is -1.85.